The van der Waals surface area contributed by atoms with E-state index in [1.165, 1.54) is 13.8 Å². The third-order valence-electron chi connectivity index (χ3n) is 24.4. The average Bonchev–Trinajstić information content (AvgIpc) is 0.765. The number of aliphatic hydroxyl groups is 22. The summed E-state index contributed by atoms with van der Waals surface area (Å²) < 4.78 is 105. The van der Waals surface area contributed by atoms with Crippen molar-refractivity contribution in [3.05, 3.63) is 0 Å². The summed E-state index contributed by atoms with van der Waals surface area (Å²) >= 11 is 0. The minimum Gasteiger partial charge on any atom is -0.870 e. The Bertz CT molecular complexity index is 3730. The number of rotatable bonds is 35. The number of aliphatic carboxylic acids is 1. The van der Waals surface area contributed by atoms with Gasteiger partial charge in [0.1, 0.15) is 201 Å². The van der Waals surface area contributed by atoms with Gasteiger partial charge in [-0.25, -0.2) is 10.9 Å². The van der Waals surface area contributed by atoms with Crippen LogP contribution in [-0.4, -0.2) is 508 Å². The number of carboxylic acids is 1. The predicted octanol–water partition coefficient (Wildman–Crippen LogP) is -27.4. The first-order valence-corrected chi connectivity index (χ1v) is 41.9. The van der Waals surface area contributed by atoms with E-state index >= 15 is 0 Å². The van der Waals surface area contributed by atoms with Gasteiger partial charge in [-0.05, 0) is 18.8 Å². The molecule has 31 N–H and O–H groups in total. The number of hydrazine groups is 2. The molecule has 9 saturated heterocycles. The van der Waals surface area contributed by atoms with Crippen molar-refractivity contribution in [2.24, 2.45) is 17.8 Å². The molecule has 60 heteroatoms. The van der Waals surface area contributed by atoms with E-state index in [4.69, 9.17) is 85.3 Å². The van der Waals surface area contributed by atoms with Crippen molar-refractivity contribution in [2.75, 3.05) is 53.7 Å². The molecule has 58 nitrogen and oxygen atoms in total. The molecule has 0 aromatic rings. The molecule has 0 radical (unpaired) electrons. The second-order valence-corrected chi connectivity index (χ2v) is 33.2. The number of carboxylic acid groups (broad SMARTS) is 1. The normalized spacial score (nSPS) is 45.9. The van der Waals surface area contributed by atoms with Gasteiger partial charge in [-0.15, -0.1) is 5.92 Å². The molecule has 10 rings (SSSR count). The van der Waals surface area contributed by atoms with E-state index in [0.717, 1.165) is 41.9 Å². The van der Waals surface area contributed by atoms with Crippen molar-refractivity contribution in [1.29, 1.82) is 0 Å². The van der Waals surface area contributed by atoms with Crippen LogP contribution in [0, 0.1) is 17.8 Å². The second kappa shape index (κ2) is 52.0. The molecule has 0 spiro atoms. The summed E-state index contributed by atoms with van der Waals surface area (Å²) in [6, 6.07) is -6.92. The van der Waals surface area contributed by atoms with Gasteiger partial charge in [-0.2, -0.15) is 0 Å². The first kappa shape index (κ1) is 117. The topological polar surface area (TPSA) is 897 Å². The van der Waals surface area contributed by atoms with Crippen LogP contribution >= 0.6 is 0 Å². The monoisotopic (exact) mass is 1970 g/mol. The quantitative estimate of drug-likeness (QED) is 0.0159. The van der Waals surface area contributed by atoms with Gasteiger partial charge in [0, 0.05) is 60.9 Å². The number of carbonyl (C=O) groups is 7. The van der Waals surface area contributed by atoms with Crippen molar-refractivity contribution in [2.45, 2.75) is 343 Å². The van der Waals surface area contributed by atoms with Crippen LogP contribution in [0.4, 0.5) is 0 Å². The Morgan fingerprint density at radius 3 is 0.955 bits per heavy atom. The first-order chi connectivity index (χ1) is 61.9. The van der Waals surface area contributed by atoms with Crippen LogP contribution in [-0.2, 0) is 124 Å². The van der Waals surface area contributed by atoms with Gasteiger partial charge in [0.15, 0.2) is 68.8 Å². The van der Waals surface area contributed by atoms with Gasteiger partial charge < -0.3 is 239 Å². The molecule has 760 valence electrons. The Hall–Kier alpha value is -3.76. The van der Waals surface area contributed by atoms with Gasteiger partial charge in [0.2, 0.25) is 23.6 Å². The Kier molecular flexibility index (Phi) is 45.5. The molecule has 10 aliphatic rings. The average molecular weight is 1970 g/mol. The Balaban J connectivity index is 0.00000817. The molecule has 1 saturated carbocycles. The van der Waals surface area contributed by atoms with Crippen LogP contribution in [0.3, 0.4) is 0 Å². The van der Waals surface area contributed by atoms with Crippen molar-refractivity contribution in [1.82, 2.24) is 43.0 Å². The van der Waals surface area contributed by atoms with Crippen LogP contribution in [0.2, 0.25) is 0 Å². The van der Waals surface area contributed by atoms with Crippen LogP contribution in [0.25, 0.3) is 0 Å². The number of methoxy groups -OCH3 is 2. The molecular weight excluding hydrogens is 1850 g/mol. The van der Waals surface area contributed by atoms with Crippen molar-refractivity contribution >= 4 is 47.7 Å². The van der Waals surface area contributed by atoms with Crippen molar-refractivity contribution in [3.63, 3.8) is 0 Å². The molecule has 0 aromatic carbocycles. The molecular formula is C74H121N8Na2O50-. The number of hydrogen-bond donors (Lipinski definition) is 30. The van der Waals surface area contributed by atoms with E-state index < -0.39 is 387 Å². The van der Waals surface area contributed by atoms with Crippen LogP contribution in [0.1, 0.15) is 54.4 Å². The largest absolute Gasteiger partial charge is 1.00 e. The number of nitrogens with one attached hydrogen (secondary N) is 8. The smallest absolute Gasteiger partial charge is 0.870 e. The molecule has 10 fully saturated rings. The number of hydrogen-bond acceptors (Lipinski definition) is 52. The molecule has 6 amide bonds. The fourth-order valence-electron chi connectivity index (χ4n) is 17.2. The number of aliphatic hydroxyl groups excluding tert-OH is 22. The summed E-state index contributed by atoms with van der Waals surface area (Å²) in [7, 11) is 2.20. The summed E-state index contributed by atoms with van der Waals surface area (Å²) in [6.07, 6.45) is -88.0. The minimum atomic E-state index is -2.53. The third-order valence-corrected chi connectivity index (χ3v) is 24.4. The van der Waals surface area contributed by atoms with Gasteiger partial charge in [-0.3, -0.25) is 45.9 Å². The summed E-state index contributed by atoms with van der Waals surface area (Å²) in [6.45, 7) is 0.911. The van der Waals surface area contributed by atoms with Crippen LogP contribution < -0.4 is 107 Å². The summed E-state index contributed by atoms with van der Waals surface area (Å²) in [5.41, 5.74) is 8.97. The summed E-state index contributed by atoms with van der Waals surface area (Å²) in [5.74, 6) is -11.6. The Morgan fingerprint density at radius 1 is 0.351 bits per heavy atom. The molecule has 1 aliphatic carbocycles. The molecule has 9 heterocycles. The van der Waals surface area contributed by atoms with E-state index in [9.17, 15) is 156 Å². The van der Waals surface area contributed by atoms with E-state index in [1.54, 1.807) is 6.29 Å². The van der Waals surface area contributed by atoms with E-state index in [1.807, 2.05) is 0 Å². The van der Waals surface area contributed by atoms with Gasteiger partial charge in [0.25, 0.3) is 11.8 Å². The molecule has 9 aliphatic heterocycles. The SMILES string of the molecule is CC[C@@H]1C(C(=O)[O-])O[C@@H](O[C@@H]2C(NC(C)=O)[C@H](O[C@@H]3C(C(=O)NNCC4O[C@H](O[C@H]5OC(CNNC(=O)C6O[C@@H](O[C@@H]7C(NC(C)=O)[C@H](OC)OC(CO)[C@H]7O)C(O)[C@@H](O)[C@@H]6O[C@@H]6OC(CO)[C@@H](O)[C@H](O[C@@H]7CC([C-]=O)[C@@H](C)[C@H](O)C7O)C6NC(C)=O)[C@@H](O)[C@H](O)C5O)C(O)[C@@H](O)[C@@H]4O)O[C@@H](O[C@@H]4C(NC(C)=O)[C@H](OC)OC(CO)[C@H]4O)C(O)[C@H]3O)OC(CO)[C@H]2O)C(O)[C@H]1O.[Na+].[Na+].[OH-]. The van der Waals surface area contributed by atoms with E-state index in [0.29, 0.717) is 0 Å². The van der Waals surface area contributed by atoms with Crippen molar-refractivity contribution < 1.29 is 306 Å². The molecule has 134 heavy (non-hydrogen) atoms. The fourth-order valence-corrected chi connectivity index (χ4v) is 17.2. The zero-order valence-electron chi connectivity index (χ0n) is 73.8. The Labute approximate surface area is 806 Å². The maximum atomic E-state index is 14.9. The molecule has 0 aromatic heterocycles. The third kappa shape index (κ3) is 26.4. The summed E-state index contributed by atoms with van der Waals surface area (Å²) in [5, 5.41) is 271. The standard InChI is InChI=1S/C74H121N8O49.2Na.H2O/c1-9-24-37(93)49(105)72(123-54(24)65(112)113)126-58-35(80-22(6)91)69(122-31(17-87)44(58)100)128-60-48(104)53(109)74(125-57-33(78-20(4)89)67(115-8)120-29(15-85)43(57)99)130-62(60)64(111)82-76-12-27-40(96)46(102)51(107)71(118-27)131-70-50(106)45(101)39(95)26(117-70)11-75-81-63(110)61-59(47(103)52(108)73(129-61)124-56-32(77-19(3)88)66(114-7)119-28(14-84)42(56)98)127-68-34(79-21(5)90)55(41(97)30(16-86)121-68)116-25-10-23(13-83)18(2)36(92)38(25)94;;;/h18,23-62,66-76,84-87,92-109H,9-12,14-17H2,1-8H3,(H,77,88)(H,78,89)(H,79,90)(H,80,91)(H,81,110)(H,82,111)(H,112,113);;;1H2/q-1;2*+1;/p-2/t18-,23?,24+,25-,26?,27?,28?,29?,30?,31?,32?,33?,34?,35?,36+,37+,38?,39-,40-,41-,42-,43-,44-,45+,46+,47-,48-,49?,50?,51?,52?,53?,54?,55-,56-,57-,58-,59+,60+,61?,62?,66-,67-,68+,69+,70-,71-,72+,73-,74-;;;/m1.../s1. The zero-order chi connectivity index (χ0) is 96.7. The van der Waals surface area contributed by atoms with Crippen LogP contribution in [0.15, 0.2) is 0 Å². The fraction of sp³-hybridized carbons (Fsp3) is 0.892. The molecule has 50 atom stereocenters. The van der Waals surface area contributed by atoms with E-state index in [2.05, 4.69) is 43.0 Å². The molecule has 0 bridgehead atoms. The second-order valence-electron chi connectivity index (χ2n) is 33.2. The van der Waals surface area contributed by atoms with Gasteiger partial charge in [-0.1, -0.05) is 13.8 Å². The first-order valence-electron chi connectivity index (χ1n) is 41.9. The van der Waals surface area contributed by atoms with Gasteiger partial charge >= 0.3 is 59.1 Å². The number of amides is 6. The van der Waals surface area contributed by atoms with E-state index in [-0.39, 0.29) is 77.4 Å². The minimum absolute atomic E-state index is 0. The molecule has 20 unspecified atom stereocenters. The Morgan fingerprint density at radius 2 is 0.642 bits per heavy atom. The van der Waals surface area contributed by atoms with Crippen molar-refractivity contribution in [3.8, 4) is 0 Å². The van der Waals surface area contributed by atoms with Crippen LogP contribution in [0.5, 0.6) is 0 Å². The van der Waals surface area contributed by atoms with Gasteiger partial charge in [0.05, 0.1) is 50.7 Å². The summed E-state index contributed by atoms with van der Waals surface area (Å²) in [4.78, 5) is 105. The maximum Gasteiger partial charge on any atom is 1.00 e. The maximum absolute atomic E-state index is 14.9. The zero-order valence-corrected chi connectivity index (χ0v) is 77.8. The number of ether oxygens (including phenoxy) is 18. The predicted molar refractivity (Wildman–Crippen MR) is 409 cm³/mol. The number of carbonyl (C=O) groups excluding carboxylic acids is 8.